The third kappa shape index (κ3) is 6.46. The van der Waals surface area contributed by atoms with E-state index in [0.717, 1.165) is 0 Å². The lowest BCUT2D eigenvalue weighted by atomic mass is 11.3. The highest BCUT2D eigenvalue weighted by Gasteiger charge is 1.92. The summed E-state index contributed by atoms with van der Waals surface area (Å²) in [6.07, 6.45) is -2.17. The zero-order valence-electron chi connectivity index (χ0n) is 4.79. The van der Waals surface area contributed by atoms with E-state index < -0.39 is 12.2 Å². The highest BCUT2D eigenvalue weighted by atomic mass is 16.8. The molecule has 0 aliphatic rings. The fourth-order valence-corrected chi connectivity index (χ4v) is 0.142. The summed E-state index contributed by atoms with van der Waals surface area (Å²) in [5.41, 5.74) is 12.3. The SMILES string of the molecule is NC(=O)ONNOC(N)=O. The van der Waals surface area contributed by atoms with E-state index in [1.807, 2.05) is 0 Å². The molecular weight excluding hydrogens is 144 g/mol. The van der Waals surface area contributed by atoms with Gasteiger partial charge in [0.05, 0.1) is 0 Å². The standard InChI is InChI=1S/C2H6N4O4/c3-1(7)9-5-6-10-2(4)8/h5-6H,(H2,3,7)(H2,4,8). The summed E-state index contributed by atoms with van der Waals surface area (Å²) >= 11 is 0. The van der Waals surface area contributed by atoms with Gasteiger partial charge in [0, 0.05) is 0 Å². The van der Waals surface area contributed by atoms with Crippen molar-refractivity contribution in [3.63, 3.8) is 0 Å². The predicted octanol–water partition coefficient (Wildman–Crippen LogP) is -1.90. The molecule has 0 aromatic heterocycles. The lowest BCUT2D eigenvalue weighted by Gasteiger charge is -2.01. The molecule has 0 aliphatic heterocycles. The molecule has 6 N–H and O–H groups in total. The molecule has 0 bridgehead atoms. The van der Waals surface area contributed by atoms with Gasteiger partial charge in [-0.25, -0.2) is 9.59 Å². The molecule has 10 heavy (non-hydrogen) atoms. The van der Waals surface area contributed by atoms with Gasteiger partial charge in [0.15, 0.2) is 0 Å². The van der Waals surface area contributed by atoms with E-state index in [4.69, 9.17) is 0 Å². The molecule has 8 nitrogen and oxygen atoms in total. The monoisotopic (exact) mass is 150 g/mol. The molecule has 0 heterocycles. The molecule has 0 radical (unpaired) electrons. The Morgan fingerprint density at radius 3 is 1.50 bits per heavy atom. The topological polar surface area (TPSA) is 129 Å². The van der Waals surface area contributed by atoms with Crippen molar-refractivity contribution >= 4 is 12.2 Å². The summed E-state index contributed by atoms with van der Waals surface area (Å²) in [5.74, 6) is 0. The number of carbonyl (C=O) groups is 2. The minimum atomic E-state index is -1.08. The molecule has 0 atom stereocenters. The maximum atomic E-state index is 9.77. The van der Waals surface area contributed by atoms with E-state index in [1.54, 1.807) is 11.2 Å². The van der Waals surface area contributed by atoms with Crippen LogP contribution >= 0.6 is 0 Å². The maximum Gasteiger partial charge on any atom is 0.424 e. The highest BCUT2D eigenvalue weighted by molar-refractivity contribution is 5.64. The molecular formula is C2H6N4O4. The molecule has 0 rings (SSSR count). The van der Waals surface area contributed by atoms with E-state index in [-0.39, 0.29) is 0 Å². The summed E-state index contributed by atoms with van der Waals surface area (Å²) in [6.45, 7) is 0. The Labute approximate surface area is 55.3 Å². The van der Waals surface area contributed by atoms with Gasteiger partial charge in [-0.05, 0) is 0 Å². The van der Waals surface area contributed by atoms with Crippen LogP contribution in [0.15, 0.2) is 0 Å². The van der Waals surface area contributed by atoms with Crippen molar-refractivity contribution in [1.29, 1.82) is 0 Å². The van der Waals surface area contributed by atoms with Crippen molar-refractivity contribution in [2.24, 2.45) is 11.5 Å². The molecule has 0 saturated carbocycles. The third-order valence-corrected chi connectivity index (χ3v) is 0.345. The summed E-state index contributed by atoms with van der Waals surface area (Å²) in [5, 5.41) is 0. The van der Waals surface area contributed by atoms with Crippen LogP contribution in [0.5, 0.6) is 0 Å². The second-order valence-corrected chi connectivity index (χ2v) is 1.05. The van der Waals surface area contributed by atoms with Crippen LogP contribution in [0.2, 0.25) is 0 Å². The number of primary amides is 2. The van der Waals surface area contributed by atoms with Crippen LogP contribution in [0.1, 0.15) is 0 Å². The largest absolute Gasteiger partial charge is 0.424 e. The lowest BCUT2D eigenvalue weighted by molar-refractivity contribution is -0.0342. The van der Waals surface area contributed by atoms with Crippen LogP contribution in [0.4, 0.5) is 9.59 Å². The number of hydrazine groups is 1. The molecule has 8 heteroatoms. The Bertz CT molecular complexity index is 119. The van der Waals surface area contributed by atoms with Crippen LogP contribution in [0, 0.1) is 0 Å². The van der Waals surface area contributed by atoms with Crippen molar-refractivity contribution in [2.45, 2.75) is 0 Å². The average Bonchev–Trinajstić information content (AvgIpc) is 1.79. The maximum absolute atomic E-state index is 9.77. The Morgan fingerprint density at radius 1 is 1.00 bits per heavy atom. The number of hydrogen-bond donors (Lipinski definition) is 4. The quantitative estimate of drug-likeness (QED) is 0.274. The molecule has 0 fully saturated rings. The van der Waals surface area contributed by atoms with Gasteiger partial charge in [0.2, 0.25) is 0 Å². The van der Waals surface area contributed by atoms with Crippen LogP contribution < -0.4 is 22.6 Å². The minimum absolute atomic E-state index is 1.08. The van der Waals surface area contributed by atoms with Crippen LogP contribution in [0.3, 0.4) is 0 Å². The van der Waals surface area contributed by atoms with Gasteiger partial charge in [-0.3, -0.25) is 0 Å². The fraction of sp³-hybridized carbons (Fsp3) is 0. The normalized spacial score (nSPS) is 8.40. The number of rotatable bonds is 3. The number of nitrogens with one attached hydrogen (secondary N) is 2. The van der Waals surface area contributed by atoms with E-state index in [1.165, 1.54) is 0 Å². The van der Waals surface area contributed by atoms with Gasteiger partial charge in [-0.15, -0.1) is 0 Å². The van der Waals surface area contributed by atoms with Gasteiger partial charge < -0.3 is 21.1 Å². The number of carbonyl (C=O) groups excluding carboxylic acids is 2. The highest BCUT2D eigenvalue weighted by Crippen LogP contribution is 1.62. The number of amides is 2. The van der Waals surface area contributed by atoms with E-state index >= 15 is 0 Å². The zero-order valence-corrected chi connectivity index (χ0v) is 4.79. The van der Waals surface area contributed by atoms with Crippen LogP contribution in [-0.2, 0) is 9.68 Å². The molecule has 0 spiro atoms. The first-order chi connectivity index (χ1) is 4.63. The zero-order chi connectivity index (χ0) is 7.98. The van der Waals surface area contributed by atoms with Gasteiger partial charge in [-0.2, -0.15) is 0 Å². The Hall–Kier alpha value is -1.54. The molecule has 0 unspecified atom stereocenters. The minimum Gasteiger partial charge on any atom is -0.336 e. The molecule has 2 amide bonds. The first-order valence-corrected chi connectivity index (χ1v) is 2.05. The Kier molecular flexibility index (Phi) is 3.68. The van der Waals surface area contributed by atoms with Crippen molar-refractivity contribution in [3.8, 4) is 0 Å². The smallest absolute Gasteiger partial charge is 0.336 e. The van der Waals surface area contributed by atoms with Gasteiger partial charge in [0.1, 0.15) is 0 Å². The lowest BCUT2D eigenvalue weighted by Crippen LogP contribution is -2.38. The summed E-state index contributed by atoms with van der Waals surface area (Å²) in [7, 11) is 0. The fourth-order valence-electron chi connectivity index (χ4n) is 0.142. The van der Waals surface area contributed by atoms with Gasteiger partial charge in [0.25, 0.3) is 0 Å². The summed E-state index contributed by atoms with van der Waals surface area (Å²) in [6, 6.07) is 0. The first-order valence-electron chi connectivity index (χ1n) is 2.05. The summed E-state index contributed by atoms with van der Waals surface area (Å²) in [4.78, 5) is 27.2. The average molecular weight is 150 g/mol. The second kappa shape index (κ2) is 4.35. The van der Waals surface area contributed by atoms with Crippen LogP contribution in [-0.4, -0.2) is 12.2 Å². The molecule has 0 aromatic carbocycles. The van der Waals surface area contributed by atoms with Crippen molar-refractivity contribution in [2.75, 3.05) is 0 Å². The third-order valence-electron chi connectivity index (χ3n) is 0.345. The van der Waals surface area contributed by atoms with Crippen molar-refractivity contribution in [3.05, 3.63) is 0 Å². The Morgan fingerprint density at radius 2 is 1.30 bits per heavy atom. The molecule has 0 aliphatic carbocycles. The molecule has 0 aromatic rings. The summed E-state index contributed by atoms with van der Waals surface area (Å²) < 4.78 is 0. The van der Waals surface area contributed by atoms with E-state index in [2.05, 4.69) is 21.1 Å². The van der Waals surface area contributed by atoms with E-state index in [9.17, 15) is 9.59 Å². The molecule has 58 valence electrons. The Balaban J connectivity index is 3.06. The second-order valence-electron chi connectivity index (χ2n) is 1.05. The number of nitrogens with two attached hydrogens (primary N) is 2. The first kappa shape index (κ1) is 8.46. The number of hydrogen-bond acceptors (Lipinski definition) is 6. The van der Waals surface area contributed by atoms with Crippen molar-refractivity contribution < 1.29 is 19.3 Å². The molecule has 0 saturated heterocycles. The van der Waals surface area contributed by atoms with Gasteiger partial charge in [-0.1, -0.05) is 11.2 Å². The van der Waals surface area contributed by atoms with E-state index in [0.29, 0.717) is 0 Å². The van der Waals surface area contributed by atoms with Crippen molar-refractivity contribution in [1.82, 2.24) is 11.2 Å². The van der Waals surface area contributed by atoms with Crippen LogP contribution in [0.25, 0.3) is 0 Å². The van der Waals surface area contributed by atoms with Gasteiger partial charge >= 0.3 is 12.2 Å². The predicted molar refractivity (Wildman–Crippen MR) is 27.6 cm³/mol.